The quantitative estimate of drug-likeness (QED) is 0.371. The third-order valence-corrected chi connectivity index (χ3v) is 3.38. The maximum atomic E-state index is 11.9. The van der Waals surface area contributed by atoms with E-state index in [4.69, 9.17) is 4.74 Å². The molecule has 0 aliphatic heterocycles. The SMILES string of the molecule is CCCCCCC(CCC)OC(=O)C[n+]1ccccc1. The van der Waals surface area contributed by atoms with Crippen molar-refractivity contribution in [2.24, 2.45) is 0 Å². The molecule has 3 heteroatoms. The van der Waals surface area contributed by atoms with Crippen molar-refractivity contribution in [3.63, 3.8) is 0 Å². The summed E-state index contributed by atoms with van der Waals surface area (Å²) in [5, 5.41) is 0. The standard InChI is InChI=1S/C17H28NO2/c1-3-5-6-8-12-16(11-4-2)20-17(19)15-18-13-9-7-10-14-18/h7,9-10,13-14,16H,3-6,8,11-12,15H2,1-2H3/q+1. The molecule has 0 fully saturated rings. The molecule has 0 saturated carbocycles. The van der Waals surface area contributed by atoms with Crippen LogP contribution in [0.5, 0.6) is 0 Å². The van der Waals surface area contributed by atoms with E-state index in [1.54, 1.807) is 0 Å². The van der Waals surface area contributed by atoms with Gasteiger partial charge < -0.3 is 4.74 Å². The van der Waals surface area contributed by atoms with Gasteiger partial charge in [-0.15, -0.1) is 0 Å². The molecule has 0 amide bonds. The lowest BCUT2D eigenvalue weighted by Gasteiger charge is -2.16. The Kier molecular flexibility index (Phi) is 8.68. The number of pyridine rings is 1. The summed E-state index contributed by atoms with van der Waals surface area (Å²) >= 11 is 0. The van der Waals surface area contributed by atoms with E-state index in [1.165, 1.54) is 19.3 Å². The van der Waals surface area contributed by atoms with Crippen LogP contribution < -0.4 is 4.57 Å². The number of esters is 1. The normalized spacial score (nSPS) is 12.1. The van der Waals surface area contributed by atoms with Gasteiger partial charge in [0, 0.05) is 12.1 Å². The second-order valence-electron chi connectivity index (χ2n) is 5.30. The van der Waals surface area contributed by atoms with Crippen LogP contribution in [0, 0.1) is 0 Å². The Morgan fingerprint density at radius 1 is 1.00 bits per heavy atom. The topological polar surface area (TPSA) is 30.2 Å². The van der Waals surface area contributed by atoms with E-state index in [2.05, 4.69) is 13.8 Å². The van der Waals surface area contributed by atoms with Gasteiger partial charge in [0.25, 0.3) is 0 Å². The molecule has 0 saturated heterocycles. The molecular formula is C17H28NO2+. The maximum Gasteiger partial charge on any atom is 0.372 e. The Balaban J connectivity index is 2.34. The minimum atomic E-state index is -0.129. The third kappa shape index (κ3) is 7.27. The Morgan fingerprint density at radius 2 is 1.75 bits per heavy atom. The van der Waals surface area contributed by atoms with E-state index in [0.29, 0.717) is 6.54 Å². The van der Waals surface area contributed by atoms with E-state index in [9.17, 15) is 4.79 Å². The van der Waals surface area contributed by atoms with Gasteiger partial charge in [0.1, 0.15) is 6.10 Å². The molecule has 1 aromatic rings. The van der Waals surface area contributed by atoms with Crippen molar-refractivity contribution >= 4 is 5.97 Å². The lowest BCUT2D eigenvalue weighted by molar-refractivity contribution is -0.686. The van der Waals surface area contributed by atoms with Crippen LogP contribution in [-0.4, -0.2) is 12.1 Å². The summed E-state index contributed by atoms with van der Waals surface area (Å²) in [4.78, 5) is 11.9. The summed E-state index contributed by atoms with van der Waals surface area (Å²) in [5.41, 5.74) is 0. The summed E-state index contributed by atoms with van der Waals surface area (Å²) in [6.45, 7) is 4.65. The number of hydrogen-bond acceptors (Lipinski definition) is 2. The lowest BCUT2D eigenvalue weighted by atomic mass is 10.1. The third-order valence-electron chi connectivity index (χ3n) is 3.38. The first-order valence-corrected chi connectivity index (χ1v) is 7.89. The van der Waals surface area contributed by atoms with E-state index < -0.39 is 0 Å². The molecule has 1 unspecified atom stereocenters. The fourth-order valence-corrected chi connectivity index (χ4v) is 2.29. The van der Waals surface area contributed by atoms with E-state index >= 15 is 0 Å². The molecule has 1 heterocycles. The van der Waals surface area contributed by atoms with Gasteiger partial charge in [0.05, 0.1) is 0 Å². The fourth-order valence-electron chi connectivity index (χ4n) is 2.29. The maximum absolute atomic E-state index is 11.9. The summed E-state index contributed by atoms with van der Waals surface area (Å²) in [6, 6.07) is 5.78. The summed E-state index contributed by atoms with van der Waals surface area (Å²) < 4.78 is 7.46. The second kappa shape index (κ2) is 10.4. The van der Waals surface area contributed by atoms with Crippen molar-refractivity contribution in [3.8, 4) is 0 Å². The molecule has 1 atom stereocenters. The number of aromatic nitrogens is 1. The molecule has 1 rings (SSSR count). The number of rotatable bonds is 10. The highest BCUT2D eigenvalue weighted by atomic mass is 16.5. The minimum absolute atomic E-state index is 0.0914. The van der Waals surface area contributed by atoms with Crippen LogP contribution >= 0.6 is 0 Å². The highest BCUT2D eigenvalue weighted by Crippen LogP contribution is 2.13. The number of unbranched alkanes of at least 4 members (excludes halogenated alkanes) is 3. The monoisotopic (exact) mass is 278 g/mol. The van der Waals surface area contributed by atoms with Crippen molar-refractivity contribution in [1.29, 1.82) is 0 Å². The van der Waals surface area contributed by atoms with Crippen LogP contribution in [0.1, 0.15) is 58.8 Å². The van der Waals surface area contributed by atoms with Gasteiger partial charge in [-0.3, -0.25) is 0 Å². The van der Waals surface area contributed by atoms with Crippen LogP contribution in [0.2, 0.25) is 0 Å². The van der Waals surface area contributed by atoms with Crippen LogP contribution in [0.25, 0.3) is 0 Å². The second-order valence-corrected chi connectivity index (χ2v) is 5.30. The number of carbonyl (C=O) groups is 1. The highest BCUT2D eigenvalue weighted by Gasteiger charge is 2.16. The van der Waals surface area contributed by atoms with Gasteiger partial charge in [0.15, 0.2) is 12.4 Å². The summed E-state index contributed by atoms with van der Waals surface area (Å²) in [6.07, 6.45) is 11.8. The van der Waals surface area contributed by atoms with E-state index in [0.717, 1.165) is 25.7 Å². The summed E-state index contributed by atoms with van der Waals surface area (Å²) in [5.74, 6) is -0.129. The van der Waals surface area contributed by atoms with Gasteiger partial charge in [-0.25, -0.2) is 4.79 Å². The Labute approximate surface area is 123 Å². The highest BCUT2D eigenvalue weighted by molar-refractivity contribution is 5.67. The van der Waals surface area contributed by atoms with Gasteiger partial charge >= 0.3 is 5.97 Å². The van der Waals surface area contributed by atoms with Crippen molar-refractivity contribution in [2.45, 2.75) is 71.4 Å². The van der Waals surface area contributed by atoms with E-state index in [1.807, 2.05) is 35.2 Å². The van der Waals surface area contributed by atoms with Crippen LogP contribution in [0.4, 0.5) is 0 Å². The van der Waals surface area contributed by atoms with Gasteiger partial charge in [-0.05, 0) is 19.3 Å². The van der Waals surface area contributed by atoms with Crippen LogP contribution in [-0.2, 0) is 16.1 Å². The van der Waals surface area contributed by atoms with Gasteiger partial charge in [0.2, 0.25) is 6.54 Å². The summed E-state index contributed by atoms with van der Waals surface area (Å²) in [7, 11) is 0. The molecule has 0 aromatic carbocycles. The molecule has 1 aromatic heterocycles. The molecule has 0 aliphatic rings. The molecule has 0 aliphatic carbocycles. The van der Waals surface area contributed by atoms with E-state index in [-0.39, 0.29) is 12.1 Å². The minimum Gasteiger partial charge on any atom is -0.458 e. The molecular weight excluding hydrogens is 250 g/mol. The van der Waals surface area contributed by atoms with Crippen molar-refractivity contribution in [3.05, 3.63) is 30.6 Å². The Morgan fingerprint density at radius 3 is 2.40 bits per heavy atom. The zero-order chi connectivity index (χ0) is 14.6. The predicted molar refractivity (Wildman–Crippen MR) is 80.2 cm³/mol. The van der Waals surface area contributed by atoms with Crippen LogP contribution in [0.3, 0.4) is 0 Å². The molecule has 0 radical (unpaired) electrons. The zero-order valence-electron chi connectivity index (χ0n) is 12.9. The van der Waals surface area contributed by atoms with Gasteiger partial charge in [-0.2, -0.15) is 4.57 Å². The fraction of sp³-hybridized carbons (Fsp3) is 0.647. The number of ether oxygens (including phenoxy) is 1. The molecule has 0 N–H and O–H groups in total. The number of hydrogen-bond donors (Lipinski definition) is 0. The van der Waals surface area contributed by atoms with Crippen LogP contribution in [0.15, 0.2) is 30.6 Å². The average Bonchev–Trinajstić information content (AvgIpc) is 2.44. The number of nitrogens with zero attached hydrogens (tertiary/aromatic N) is 1. The largest absolute Gasteiger partial charge is 0.458 e. The first-order chi connectivity index (χ1) is 9.76. The van der Waals surface area contributed by atoms with Crippen molar-refractivity contribution < 1.29 is 14.1 Å². The Hall–Kier alpha value is -1.38. The molecule has 112 valence electrons. The zero-order valence-corrected chi connectivity index (χ0v) is 12.9. The molecule has 3 nitrogen and oxygen atoms in total. The predicted octanol–water partition coefficient (Wildman–Crippen LogP) is 3.66. The average molecular weight is 278 g/mol. The van der Waals surface area contributed by atoms with Gasteiger partial charge in [-0.1, -0.05) is 45.6 Å². The smallest absolute Gasteiger partial charge is 0.372 e. The molecule has 20 heavy (non-hydrogen) atoms. The first kappa shape index (κ1) is 16.7. The molecule has 0 bridgehead atoms. The van der Waals surface area contributed by atoms with Crippen molar-refractivity contribution in [2.75, 3.05) is 0 Å². The first-order valence-electron chi connectivity index (χ1n) is 7.89. The number of carbonyl (C=O) groups excluding carboxylic acids is 1. The van der Waals surface area contributed by atoms with Crippen molar-refractivity contribution in [1.82, 2.24) is 0 Å². The lowest BCUT2D eigenvalue weighted by Crippen LogP contribution is -2.38. The Bertz CT molecular complexity index is 365. The molecule has 0 spiro atoms.